The van der Waals surface area contributed by atoms with Crippen LogP contribution < -0.4 is 0 Å². The summed E-state index contributed by atoms with van der Waals surface area (Å²) in [5.41, 5.74) is 4.83. The molecule has 1 aromatic carbocycles. The van der Waals surface area contributed by atoms with Gasteiger partial charge in [0.05, 0.1) is 5.69 Å². The second kappa shape index (κ2) is 10.2. The first-order valence-electron chi connectivity index (χ1n) is 8.84. The van der Waals surface area contributed by atoms with Crippen molar-refractivity contribution in [2.75, 3.05) is 19.6 Å². The van der Waals surface area contributed by atoms with E-state index in [1.54, 1.807) is 0 Å². The molecule has 1 aliphatic heterocycles. The van der Waals surface area contributed by atoms with Crippen molar-refractivity contribution >= 4 is 17.5 Å². The number of hydrogen-bond acceptors (Lipinski definition) is 4. The van der Waals surface area contributed by atoms with Gasteiger partial charge < -0.3 is 10.2 Å². The second-order valence-electron chi connectivity index (χ2n) is 6.32. The van der Waals surface area contributed by atoms with Crippen LogP contribution in [0, 0.1) is 6.92 Å². The van der Waals surface area contributed by atoms with Crippen LogP contribution in [-0.2, 0) is 9.59 Å². The molecule has 1 saturated heterocycles. The maximum Gasteiger partial charge on any atom is 0.414 e. The number of carbonyl (C=O) groups is 2. The molecule has 0 bridgehead atoms. The summed E-state index contributed by atoms with van der Waals surface area (Å²) in [6, 6.07) is 14.8. The zero-order valence-electron chi connectivity index (χ0n) is 15.3. The predicted molar refractivity (Wildman–Crippen MR) is 103 cm³/mol. The summed E-state index contributed by atoms with van der Waals surface area (Å²) in [6.07, 6.45) is 6.86. The first-order valence-corrected chi connectivity index (χ1v) is 8.84. The predicted octanol–water partition coefficient (Wildman–Crippen LogP) is 3.07. The molecule has 1 fully saturated rings. The fraction of sp³-hybridized carbons (Fsp3) is 0.286. The average molecular weight is 368 g/mol. The van der Waals surface area contributed by atoms with Crippen molar-refractivity contribution in [1.29, 1.82) is 0 Å². The van der Waals surface area contributed by atoms with E-state index in [0.29, 0.717) is 0 Å². The highest BCUT2D eigenvalue weighted by molar-refractivity contribution is 6.27. The molecule has 2 aromatic rings. The van der Waals surface area contributed by atoms with Crippen LogP contribution >= 0.6 is 0 Å². The monoisotopic (exact) mass is 368 g/mol. The van der Waals surface area contributed by atoms with Crippen LogP contribution in [0.5, 0.6) is 0 Å². The number of benzene rings is 1. The zero-order valence-corrected chi connectivity index (χ0v) is 15.3. The fourth-order valence-electron chi connectivity index (χ4n) is 2.81. The van der Waals surface area contributed by atoms with E-state index in [-0.39, 0.29) is 0 Å². The molecule has 142 valence electrons. The average Bonchev–Trinajstić information content (AvgIpc) is 3.18. The third-order valence-corrected chi connectivity index (χ3v) is 4.24. The number of carboxylic acid groups (broad SMARTS) is 2. The molecule has 0 atom stereocenters. The van der Waals surface area contributed by atoms with E-state index in [4.69, 9.17) is 19.8 Å². The molecule has 6 heteroatoms. The maximum atomic E-state index is 9.10. The van der Waals surface area contributed by atoms with E-state index in [1.807, 2.05) is 12.3 Å². The summed E-state index contributed by atoms with van der Waals surface area (Å²) in [5.74, 6) is -3.65. The van der Waals surface area contributed by atoms with E-state index in [1.165, 1.54) is 42.6 Å². The van der Waals surface area contributed by atoms with Crippen LogP contribution in [-0.4, -0.2) is 51.7 Å². The molecule has 0 radical (unpaired) electrons. The highest BCUT2D eigenvalue weighted by Gasteiger charge is 2.11. The van der Waals surface area contributed by atoms with E-state index >= 15 is 0 Å². The van der Waals surface area contributed by atoms with Crippen LogP contribution in [0.3, 0.4) is 0 Å². The van der Waals surface area contributed by atoms with Gasteiger partial charge in [0.2, 0.25) is 0 Å². The first-order chi connectivity index (χ1) is 13.0. The quantitative estimate of drug-likeness (QED) is 0.806. The highest BCUT2D eigenvalue weighted by Crippen LogP contribution is 2.22. The molecule has 1 aliphatic rings. The topological polar surface area (TPSA) is 90.7 Å². The smallest absolute Gasteiger partial charge is 0.414 e. The molecular formula is C21H24N2O4. The zero-order chi connectivity index (χ0) is 19.6. The van der Waals surface area contributed by atoms with Gasteiger partial charge in [0.25, 0.3) is 0 Å². The van der Waals surface area contributed by atoms with Crippen molar-refractivity contribution in [2.45, 2.75) is 19.8 Å². The van der Waals surface area contributed by atoms with E-state index < -0.39 is 11.9 Å². The third-order valence-electron chi connectivity index (χ3n) is 4.24. The van der Waals surface area contributed by atoms with Crippen molar-refractivity contribution in [1.82, 2.24) is 9.88 Å². The number of rotatable bonds is 4. The van der Waals surface area contributed by atoms with Gasteiger partial charge >= 0.3 is 11.9 Å². The number of pyridine rings is 1. The van der Waals surface area contributed by atoms with Crippen molar-refractivity contribution < 1.29 is 19.8 Å². The second-order valence-corrected chi connectivity index (χ2v) is 6.32. The molecule has 0 aliphatic carbocycles. The molecule has 2 heterocycles. The molecule has 0 amide bonds. The Hall–Kier alpha value is -2.99. The lowest BCUT2D eigenvalue weighted by atomic mass is 10.0. The van der Waals surface area contributed by atoms with Gasteiger partial charge in [0.15, 0.2) is 0 Å². The SMILES string of the molecule is Cc1ccc(/C(=C\CN2CCCC2)c2ccccn2)cc1.O=C(O)C(=O)O. The molecular weight excluding hydrogens is 344 g/mol. The minimum absolute atomic E-state index is 1.01. The summed E-state index contributed by atoms with van der Waals surface area (Å²) < 4.78 is 0. The summed E-state index contributed by atoms with van der Waals surface area (Å²) in [6.45, 7) is 5.58. The largest absolute Gasteiger partial charge is 0.473 e. The Morgan fingerprint density at radius 3 is 2.19 bits per heavy atom. The van der Waals surface area contributed by atoms with Gasteiger partial charge in [0, 0.05) is 18.3 Å². The lowest BCUT2D eigenvalue weighted by Gasteiger charge is -2.14. The lowest BCUT2D eigenvalue weighted by Crippen LogP contribution is -2.19. The Morgan fingerprint density at radius 2 is 1.67 bits per heavy atom. The van der Waals surface area contributed by atoms with Crippen LogP contribution in [0.15, 0.2) is 54.7 Å². The van der Waals surface area contributed by atoms with E-state index in [9.17, 15) is 0 Å². The van der Waals surface area contributed by atoms with Crippen molar-refractivity contribution in [2.24, 2.45) is 0 Å². The van der Waals surface area contributed by atoms with Crippen LogP contribution in [0.1, 0.15) is 29.7 Å². The number of carboxylic acids is 2. The van der Waals surface area contributed by atoms with Gasteiger partial charge in [-0.3, -0.25) is 9.88 Å². The Morgan fingerprint density at radius 1 is 1.04 bits per heavy atom. The van der Waals surface area contributed by atoms with Gasteiger partial charge in [-0.2, -0.15) is 0 Å². The first kappa shape index (κ1) is 20.3. The Kier molecular flexibility index (Phi) is 7.70. The lowest BCUT2D eigenvalue weighted by molar-refractivity contribution is -0.159. The van der Waals surface area contributed by atoms with Gasteiger partial charge in [-0.25, -0.2) is 9.59 Å². The molecule has 0 saturated carbocycles. The number of aryl methyl sites for hydroxylation is 1. The van der Waals surface area contributed by atoms with Crippen molar-refractivity contribution in [3.8, 4) is 0 Å². The van der Waals surface area contributed by atoms with Gasteiger partial charge in [-0.1, -0.05) is 42.0 Å². The van der Waals surface area contributed by atoms with Crippen LogP contribution in [0.25, 0.3) is 5.57 Å². The third kappa shape index (κ3) is 6.67. The normalized spacial score (nSPS) is 14.3. The van der Waals surface area contributed by atoms with Crippen molar-refractivity contribution in [3.05, 3.63) is 71.6 Å². The number of hydrogen-bond donors (Lipinski definition) is 2. The molecule has 1 aromatic heterocycles. The number of aliphatic carboxylic acids is 2. The number of nitrogens with zero attached hydrogens (tertiary/aromatic N) is 2. The Labute approximate surface area is 158 Å². The van der Waals surface area contributed by atoms with Gasteiger partial charge in [-0.05, 0) is 50.6 Å². The molecule has 2 N–H and O–H groups in total. The summed E-state index contributed by atoms with van der Waals surface area (Å²) in [7, 11) is 0. The summed E-state index contributed by atoms with van der Waals surface area (Å²) >= 11 is 0. The Bertz CT molecular complexity index is 768. The molecule has 0 spiro atoms. The number of likely N-dealkylation sites (tertiary alicyclic amines) is 1. The molecule has 6 nitrogen and oxygen atoms in total. The molecule has 3 rings (SSSR count). The standard InChI is InChI=1S/C19H22N2.C2H2O4/c1-16-7-9-17(10-8-16)18(19-6-2-3-12-20-19)11-15-21-13-4-5-14-21;3-1(4)2(5)6/h2-3,6-12H,4-5,13-15H2,1H3;(H,3,4)(H,5,6)/b18-11+;. The molecule has 0 unspecified atom stereocenters. The summed E-state index contributed by atoms with van der Waals surface area (Å²) in [5, 5.41) is 14.8. The maximum absolute atomic E-state index is 9.10. The summed E-state index contributed by atoms with van der Waals surface area (Å²) in [4.78, 5) is 25.2. The Balaban J connectivity index is 0.000000380. The van der Waals surface area contributed by atoms with Gasteiger partial charge in [-0.15, -0.1) is 0 Å². The van der Waals surface area contributed by atoms with Crippen LogP contribution in [0.4, 0.5) is 0 Å². The fourth-order valence-corrected chi connectivity index (χ4v) is 2.81. The van der Waals surface area contributed by atoms with E-state index in [2.05, 4.69) is 59.3 Å². The van der Waals surface area contributed by atoms with Gasteiger partial charge in [0.1, 0.15) is 0 Å². The number of aromatic nitrogens is 1. The minimum Gasteiger partial charge on any atom is -0.473 e. The van der Waals surface area contributed by atoms with Crippen molar-refractivity contribution in [3.63, 3.8) is 0 Å². The minimum atomic E-state index is -1.82. The molecule has 27 heavy (non-hydrogen) atoms. The van der Waals surface area contributed by atoms with Crippen LogP contribution in [0.2, 0.25) is 0 Å². The van der Waals surface area contributed by atoms with E-state index in [0.717, 1.165) is 12.2 Å². The highest BCUT2D eigenvalue weighted by atomic mass is 16.4.